The zero-order valence-corrected chi connectivity index (χ0v) is 15.7. The fourth-order valence-electron chi connectivity index (χ4n) is 5.22. The van der Waals surface area contributed by atoms with Crippen LogP contribution in [0.4, 0.5) is 0 Å². The smallest absolute Gasteiger partial charge is 0.305 e. The van der Waals surface area contributed by atoms with E-state index in [2.05, 4.69) is 4.98 Å². The first-order valence-corrected chi connectivity index (χ1v) is 10.7. The Morgan fingerprint density at radius 3 is 3.00 bits per heavy atom. The van der Waals surface area contributed by atoms with Gasteiger partial charge in [-0.1, -0.05) is 17.4 Å². The van der Waals surface area contributed by atoms with E-state index in [0.29, 0.717) is 23.5 Å². The maximum Gasteiger partial charge on any atom is 0.305 e. The molecule has 1 aromatic heterocycles. The summed E-state index contributed by atoms with van der Waals surface area (Å²) >= 11 is 3.26. The Kier molecular flexibility index (Phi) is 3.68. The van der Waals surface area contributed by atoms with Crippen molar-refractivity contribution in [3.8, 4) is 11.5 Å². The Bertz CT molecular complexity index is 874. The second-order valence-corrected chi connectivity index (χ2v) is 9.54. The van der Waals surface area contributed by atoms with E-state index in [1.165, 1.54) is 41.0 Å². The lowest BCUT2D eigenvalue weighted by molar-refractivity contribution is 0.302. The number of phenolic OH excluding ortho intramolecular Hbond substituents is 1. The topological polar surface area (TPSA) is 62.3 Å². The van der Waals surface area contributed by atoms with Crippen LogP contribution in [0.1, 0.15) is 42.5 Å². The number of hydrogen-bond donors (Lipinski definition) is 2. The first kappa shape index (κ1) is 15.8. The number of fused-ring (bicyclic) bond motifs is 6. The maximum absolute atomic E-state index is 12.0. The van der Waals surface area contributed by atoms with Crippen molar-refractivity contribution in [1.82, 2.24) is 4.98 Å². The monoisotopic (exact) mass is 375 g/mol. The molecule has 2 saturated carbocycles. The lowest BCUT2D eigenvalue weighted by atomic mass is 9.75. The van der Waals surface area contributed by atoms with Crippen LogP contribution in [0.15, 0.2) is 28.0 Å². The molecule has 3 aliphatic rings. The van der Waals surface area contributed by atoms with Crippen molar-refractivity contribution in [3.05, 3.63) is 38.3 Å². The second-order valence-electron chi connectivity index (χ2n) is 7.34. The van der Waals surface area contributed by atoms with Crippen LogP contribution in [-0.4, -0.2) is 21.9 Å². The quantitative estimate of drug-likeness (QED) is 0.844. The summed E-state index contributed by atoms with van der Waals surface area (Å²) in [5, 5.41) is 11.7. The zero-order valence-electron chi connectivity index (χ0n) is 14.0. The molecule has 0 amide bonds. The number of thiazole rings is 1. The van der Waals surface area contributed by atoms with Gasteiger partial charge in [0.15, 0.2) is 11.5 Å². The Labute approximate surface area is 154 Å². The number of phenols is 1. The normalized spacial score (nSPS) is 32.4. The summed E-state index contributed by atoms with van der Waals surface area (Å²) in [6, 6.07) is 5.73. The summed E-state index contributed by atoms with van der Waals surface area (Å²) in [7, 11) is 0. The molecule has 2 aliphatic carbocycles. The number of thioether (sulfide) groups is 1. The average molecular weight is 376 g/mol. The Morgan fingerprint density at radius 1 is 1.32 bits per heavy atom. The predicted molar refractivity (Wildman–Crippen MR) is 100 cm³/mol. The molecule has 2 fully saturated rings. The van der Waals surface area contributed by atoms with E-state index in [9.17, 15) is 9.90 Å². The molecule has 0 radical (unpaired) electrons. The van der Waals surface area contributed by atoms with Crippen molar-refractivity contribution < 1.29 is 9.84 Å². The predicted octanol–water partition coefficient (Wildman–Crippen LogP) is 4.19. The first-order valence-electron chi connectivity index (χ1n) is 9.01. The van der Waals surface area contributed by atoms with Gasteiger partial charge in [0.2, 0.25) is 0 Å². The van der Waals surface area contributed by atoms with Gasteiger partial charge in [0.1, 0.15) is 0 Å². The highest BCUT2D eigenvalue weighted by molar-refractivity contribution is 8.00. The van der Waals surface area contributed by atoms with Gasteiger partial charge in [0, 0.05) is 16.0 Å². The number of benzene rings is 1. The highest BCUT2D eigenvalue weighted by Crippen LogP contribution is 2.63. The molecular formula is C19H21NO3S2. The summed E-state index contributed by atoms with van der Waals surface area (Å²) in [6.45, 7) is 2.45. The molecule has 0 unspecified atom stereocenters. The lowest BCUT2D eigenvalue weighted by Gasteiger charge is -2.40. The second kappa shape index (κ2) is 5.81. The summed E-state index contributed by atoms with van der Waals surface area (Å²) in [6.07, 6.45) is 3.97. The van der Waals surface area contributed by atoms with E-state index in [0.717, 1.165) is 16.9 Å². The van der Waals surface area contributed by atoms with Gasteiger partial charge in [0.05, 0.1) is 11.6 Å². The summed E-state index contributed by atoms with van der Waals surface area (Å²) < 4.78 is 5.61. The third kappa shape index (κ3) is 2.37. The Morgan fingerprint density at radius 2 is 2.16 bits per heavy atom. The van der Waals surface area contributed by atoms with Crippen LogP contribution in [0, 0.1) is 17.8 Å². The SMILES string of the molecule is CCOc1cc([C@H]2c3sc(=O)[nH]c3S[C@@H]3[C@@H]4CC[C@@H](C4)[C@H]23)ccc1O. The van der Waals surface area contributed by atoms with Gasteiger partial charge < -0.3 is 14.8 Å². The molecule has 25 heavy (non-hydrogen) atoms. The number of ether oxygens (including phenoxy) is 1. The summed E-state index contributed by atoms with van der Waals surface area (Å²) in [5.74, 6) is 3.08. The molecule has 6 heteroatoms. The number of aromatic nitrogens is 1. The fourth-order valence-corrected chi connectivity index (χ4v) is 8.11. The van der Waals surface area contributed by atoms with Gasteiger partial charge in [-0.2, -0.15) is 0 Å². The van der Waals surface area contributed by atoms with Crippen molar-refractivity contribution in [3.63, 3.8) is 0 Å². The Hall–Kier alpha value is -1.40. The molecule has 1 aromatic carbocycles. The highest BCUT2D eigenvalue weighted by atomic mass is 32.2. The molecule has 2 aromatic rings. The van der Waals surface area contributed by atoms with Gasteiger partial charge in [-0.3, -0.25) is 4.79 Å². The number of aromatic amines is 1. The fraction of sp³-hybridized carbons (Fsp3) is 0.526. The lowest BCUT2D eigenvalue weighted by Crippen LogP contribution is -2.33. The van der Waals surface area contributed by atoms with Crippen LogP contribution in [0.2, 0.25) is 0 Å². The molecule has 2 N–H and O–H groups in total. The van der Waals surface area contributed by atoms with Gasteiger partial charge in [-0.15, -0.1) is 11.8 Å². The Balaban J connectivity index is 1.65. The molecule has 0 saturated heterocycles. The molecule has 132 valence electrons. The van der Waals surface area contributed by atoms with Crippen LogP contribution in [0.3, 0.4) is 0 Å². The maximum atomic E-state index is 12.0. The van der Waals surface area contributed by atoms with Crippen LogP contribution < -0.4 is 9.61 Å². The number of H-pyrrole nitrogens is 1. The molecule has 2 bridgehead atoms. The molecule has 1 aliphatic heterocycles. The van der Waals surface area contributed by atoms with E-state index in [1.54, 1.807) is 6.07 Å². The third-order valence-electron chi connectivity index (χ3n) is 6.11. The first-order chi connectivity index (χ1) is 12.2. The number of rotatable bonds is 3. The van der Waals surface area contributed by atoms with Crippen LogP contribution in [0.5, 0.6) is 11.5 Å². The average Bonchev–Trinajstić information content (AvgIpc) is 3.28. The van der Waals surface area contributed by atoms with E-state index < -0.39 is 0 Å². The van der Waals surface area contributed by atoms with E-state index >= 15 is 0 Å². The number of nitrogens with one attached hydrogen (secondary N) is 1. The van der Waals surface area contributed by atoms with Gasteiger partial charge in [-0.25, -0.2) is 0 Å². The third-order valence-corrected chi connectivity index (χ3v) is 8.73. The molecule has 5 rings (SSSR count). The largest absolute Gasteiger partial charge is 0.504 e. The van der Waals surface area contributed by atoms with Crippen molar-refractivity contribution >= 4 is 23.1 Å². The highest BCUT2D eigenvalue weighted by Gasteiger charge is 2.54. The standard InChI is InChI=1S/C19H21NO3S2/c1-2-23-13-8-10(5-6-12(13)21)15-14-9-3-4-11(7-9)16(14)24-18-17(15)25-19(22)20-18/h5-6,8-9,11,14-16,21H,2-4,7H2,1H3,(H,20,22)/t9-,11+,14+,15+,16+/m0/s1. The summed E-state index contributed by atoms with van der Waals surface area (Å²) in [4.78, 5) is 16.3. The minimum Gasteiger partial charge on any atom is -0.504 e. The van der Waals surface area contributed by atoms with Crippen LogP contribution in [-0.2, 0) is 0 Å². The number of aromatic hydroxyl groups is 1. The molecule has 5 atom stereocenters. The molecule has 4 nitrogen and oxygen atoms in total. The van der Waals surface area contributed by atoms with Crippen molar-refractivity contribution in [2.24, 2.45) is 17.8 Å². The van der Waals surface area contributed by atoms with E-state index in [-0.39, 0.29) is 16.5 Å². The minimum atomic E-state index is 0.0404. The number of hydrogen-bond acceptors (Lipinski definition) is 5. The van der Waals surface area contributed by atoms with Crippen LogP contribution in [0.25, 0.3) is 0 Å². The van der Waals surface area contributed by atoms with Crippen molar-refractivity contribution in [2.45, 2.75) is 42.4 Å². The van der Waals surface area contributed by atoms with E-state index in [4.69, 9.17) is 4.74 Å². The molecule has 0 spiro atoms. The molecular weight excluding hydrogens is 354 g/mol. The zero-order chi connectivity index (χ0) is 17.1. The summed E-state index contributed by atoms with van der Waals surface area (Å²) in [5.41, 5.74) is 1.17. The van der Waals surface area contributed by atoms with Crippen LogP contribution >= 0.6 is 23.1 Å². The van der Waals surface area contributed by atoms with Gasteiger partial charge in [-0.05, 0) is 61.6 Å². The molecule has 2 heterocycles. The van der Waals surface area contributed by atoms with Gasteiger partial charge >= 0.3 is 4.87 Å². The van der Waals surface area contributed by atoms with Gasteiger partial charge in [0.25, 0.3) is 0 Å². The van der Waals surface area contributed by atoms with Crippen molar-refractivity contribution in [1.29, 1.82) is 0 Å². The minimum absolute atomic E-state index is 0.0404. The van der Waals surface area contributed by atoms with Crippen molar-refractivity contribution in [2.75, 3.05) is 6.61 Å². The van der Waals surface area contributed by atoms with E-state index in [1.807, 2.05) is 30.8 Å².